The minimum atomic E-state index is -0.430. The van der Waals surface area contributed by atoms with Crippen molar-refractivity contribution < 1.29 is 4.79 Å². The van der Waals surface area contributed by atoms with Gasteiger partial charge < -0.3 is 16.0 Å². The highest BCUT2D eigenvalue weighted by atomic mass is 35.5. The minimum Gasteiger partial charge on any atom is -0.396 e. The molecule has 1 saturated heterocycles. The number of halogens is 1. The van der Waals surface area contributed by atoms with Crippen molar-refractivity contribution in [2.45, 2.75) is 25.7 Å². The number of nitrogen functional groups attached to an aromatic ring is 1. The first kappa shape index (κ1) is 16.5. The average Bonchev–Trinajstić information content (AvgIpc) is 2.77. The smallest absolute Gasteiger partial charge is 0.276 e. The van der Waals surface area contributed by atoms with Gasteiger partial charge in [-0.05, 0) is 24.4 Å². The maximum Gasteiger partial charge on any atom is 0.276 e. The largest absolute Gasteiger partial charge is 0.396 e. The summed E-state index contributed by atoms with van der Waals surface area (Å²) >= 11 is 5.76. The molecule has 9 heteroatoms. The lowest BCUT2D eigenvalue weighted by Gasteiger charge is -2.24. The van der Waals surface area contributed by atoms with Crippen LogP contribution in [-0.2, 0) is 7.05 Å². The lowest BCUT2D eigenvalue weighted by molar-refractivity contribution is 0.102. The number of hydrogen-bond acceptors (Lipinski definition) is 6. The third-order valence-corrected chi connectivity index (χ3v) is 4.25. The molecular formula is C15H20ClN7O. The number of nitrogens with one attached hydrogen (secondary N) is 1. The molecule has 0 unspecified atom stereocenters. The highest BCUT2D eigenvalue weighted by molar-refractivity contribution is 6.28. The summed E-state index contributed by atoms with van der Waals surface area (Å²) in [6.07, 6.45) is 7.68. The molecule has 3 rings (SSSR count). The van der Waals surface area contributed by atoms with Crippen LogP contribution in [0.1, 0.15) is 36.2 Å². The van der Waals surface area contributed by atoms with E-state index in [-0.39, 0.29) is 16.7 Å². The van der Waals surface area contributed by atoms with Crippen LogP contribution < -0.4 is 16.0 Å². The summed E-state index contributed by atoms with van der Waals surface area (Å²) in [5, 5.41) is 7.10. The van der Waals surface area contributed by atoms with E-state index in [4.69, 9.17) is 17.3 Å². The van der Waals surface area contributed by atoms with E-state index in [1.807, 2.05) is 7.05 Å². The van der Waals surface area contributed by atoms with Crippen LogP contribution in [0.5, 0.6) is 0 Å². The van der Waals surface area contributed by atoms with E-state index in [1.54, 1.807) is 10.9 Å². The number of nitrogens with zero attached hydrogens (tertiary/aromatic N) is 5. The molecule has 0 spiro atoms. The number of hydrogen-bond donors (Lipinski definition) is 2. The van der Waals surface area contributed by atoms with Crippen LogP contribution in [0.25, 0.3) is 0 Å². The summed E-state index contributed by atoms with van der Waals surface area (Å²) in [7, 11) is 1.87. The Labute approximate surface area is 145 Å². The van der Waals surface area contributed by atoms with E-state index in [0.29, 0.717) is 5.69 Å². The van der Waals surface area contributed by atoms with E-state index in [0.717, 1.165) is 31.7 Å². The second-order valence-electron chi connectivity index (χ2n) is 5.80. The van der Waals surface area contributed by atoms with Crippen molar-refractivity contribution in [2.75, 3.05) is 29.0 Å². The van der Waals surface area contributed by atoms with Gasteiger partial charge in [-0.15, -0.1) is 0 Å². The number of aryl methyl sites for hydroxylation is 1. The van der Waals surface area contributed by atoms with E-state index < -0.39 is 5.91 Å². The molecule has 3 heterocycles. The van der Waals surface area contributed by atoms with Crippen LogP contribution >= 0.6 is 11.6 Å². The molecule has 0 saturated carbocycles. The topological polar surface area (TPSA) is 102 Å². The van der Waals surface area contributed by atoms with Crippen molar-refractivity contribution in [1.29, 1.82) is 0 Å². The molecule has 8 nitrogen and oxygen atoms in total. The van der Waals surface area contributed by atoms with Crippen LogP contribution in [0.3, 0.4) is 0 Å². The lowest BCUT2D eigenvalue weighted by atomic mass is 10.2. The Hall–Kier alpha value is -2.35. The third kappa shape index (κ3) is 3.43. The Balaban J connectivity index is 1.85. The number of amides is 1. The Bertz CT molecular complexity index is 737. The Morgan fingerprint density at radius 3 is 2.67 bits per heavy atom. The van der Waals surface area contributed by atoms with Gasteiger partial charge in [0.15, 0.2) is 11.5 Å². The van der Waals surface area contributed by atoms with E-state index in [1.165, 1.54) is 19.0 Å². The van der Waals surface area contributed by atoms with Crippen LogP contribution in [-0.4, -0.2) is 38.7 Å². The number of carbonyl (C=O) groups is 1. The van der Waals surface area contributed by atoms with Gasteiger partial charge in [0, 0.05) is 20.1 Å². The van der Waals surface area contributed by atoms with Crippen LogP contribution in [0.4, 0.5) is 17.2 Å². The monoisotopic (exact) mass is 349 g/mol. The molecule has 0 radical (unpaired) electrons. The van der Waals surface area contributed by atoms with E-state index in [9.17, 15) is 4.79 Å². The maximum absolute atomic E-state index is 12.5. The summed E-state index contributed by atoms with van der Waals surface area (Å²) in [6, 6.07) is 0. The molecule has 1 aliphatic rings. The summed E-state index contributed by atoms with van der Waals surface area (Å²) in [4.78, 5) is 22.4. The van der Waals surface area contributed by atoms with Gasteiger partial charge in [-0.1, -0.05) is 12.8 Å². The van der Waals surface area contributed by atoms with Crippen molar-refractivity contribution >= 4 is 34.7 Å². The molecule has 1 aliphatic heterocycles. The summed E-state index contributed by atoms with van der Waals surface area (Å²) in [5.41, 5.74) is 6.65. The van der Waals surface area contributed by atoms with Crippen molar-refractivity contribution in [3.63, 3.8) is 0 Å². The van der Waals surface area contributed by atoms with Gasteiger partial charge in [-0.3, -0.25) is 9.48 Å². The molecule has 2 aromatic rings. The molecule has 2 aromatic heterocycles. The fourth-order valence-corrected chi connectivity index (χ4v) is 3.04. The minimum absolute atomic E-state index is 0.0201. The lowest BCUT2D eigenvalue weighted by Crippen LogP contribution is -2.27. The first-order valence-corrected chi connectivity index (χ1v) is 8.30. The van der Waals surface area contributed by atoms with Gasteiger partial charge in [0.1, 0.15) is 5.69 Å². The van der Waals surface area contributed by atoms with Crippen LogP contribution in [0.2, 0.25) is 5.28 Å². The van der Waals surface area contributed by atoms with Crippen molar-refractivity contribution in [1.82, 2.24) is 19.7 Å². The second-order valence-corrected chi connectivity index (χ2v) is 6.14. The average molecular weight is 350 g/mol. The van der Waals surface area contributed by atoms with Gasteiger partial charge in [0.2, 0.25) is 5.28 Å². The number of rotatable bonds is 3. The zero-order valence-corrected chi connectivity index (χ0v) is 14.3. The summed E-state index contributed by atoms with van der Waals surface area (Å²) in [5.74, 6) is 0.463. The Kier molecular flexibility index (Phi) is 4.84. The fourth-order valence-electron chi connectivity index (χ4n) is 2.91. The number of carbonyl (C=O) groups excluding carboxylic acids is 1. The van der Waals surface area contributed by atoms with Crippen molar-refractivity contribution in [3.05, 3.63) is 23.4 Å². The van der Waals surface area contributed by atoms with Crippen molar-refractivity contribution in [3.8, 4) is 0 Å². The maximum atomic E-state index is 12.5. The molecule has 0 bridgehead atoms. The Morgan fingerprint density at radius 2 is 1.96 bits per heavy atom. The summed E-state index contributed by atoms with van der Waals surface area (Å²) < 4.78 is 1.78. The quantitative estimate of drug-likeness (QED) is 0.822. The van der Waals surface area contributed by atoms with Gasteiger partial charge in [-0.25, -0.2) is 9.97 Å². The molecule has 24 heavy (non-hydrogen) atoms. The standard InChI is InChI=1S/C15H20ClN7O/c1-22-14(23-6-4-2-3-5-7-23)11(9-19-22)20-13(24)12-10(17)8-18-15(16)21-12/h8-9H,2-7,17H2,1H3,(H,20,24). The SMILES string of the molecule is Cn1ncc(NC(=O)c2nc(Cl)ncc2N)c1N1CCCCCC1. The van der Waals surface area contributed by atoms with E-state index >= 15 is 0 Å². The molecule has 0 atom stereocenters. The number of nitrogens with two attached hydrogens (primary N) is 1. The number of anilines is 3. The first-order chi connectivity index (χ1) is 11.6. The predicted molar refractivity (Wildman–Crippen MR) is 93.3 cm³/mol. The van der Waals surface area contributed by atoms with Crippen LogP contribution in [0.15, 0.2) is 12.4 Å². The van der Waals surface area contributed by atoms with E-state index in [2.05, 4.69) is 25.3 Å². The van der Waals surface area contributed by atoms with Gasteiger partial charge in [0.05, 0.1) is 18.1 Å². The fraction of sp³-hybridized carbons (Fsp3) is 0.467. The summed E-state index contributed by atoms with van der Waals surface area (Å²) in [6.45, 7) is 1.90. The number of aromatic nitrogens is 4. The van der Waals surface area contributed by atoms with Crippen LogP contribution in [0, 0.1) is 0 Å². The third-order valence-electron chi connectivity index (χ3n) is 4.06. The predicted octanol–water partition coefficient (Wildman–Crippen LogP) is 2.08. The molecule has 3 N–H and O–H groups in total. The normalized spacial score (nSPS) is 15.2. The van der Waals surface area contributed by atoms with Gasteiger partial charge in [-0.2, -0.15) is 5.10 Å². The van der Waals surface area contributed by atoms with Gasteiger partial charge >= 0.3 is 0 Å². The zero-order chi connectivity index (χ0) is 17.1. The highest BCUT2D eigenvalue weighted by Crippen LogP contribution is 2.28. The zero-order valence-electron chi connectivity index (χ0n) is 13.5. The second kappa shape index (κ2) is 7.04. The highest BCUT2D eigenvalue weighted by Gasteiger charge is 2.21. The van der Waals surface area contributed by atoms with Gasteiger partial charge in [0.25, 0.3) is 5.91 Å². The van der Waals surface area contributed by atoms with Crippen molar-refractivity contribution in [2.24, 2.45) is 7.05 Å². The molecule has 128 valence electrons. The molecule has 0 aromatic carbocycles. The molecule has 1 amide bonds. The molecule has 1 fully saturated rings. The molecule has 0 aliphatic carbocycles. The first-order valence-electron chi connectivity index (χ1n) is 7.92. The Morgan fingerprint density at radius 1 is 1.25 bits per heavy atom. The molecular weight excluding hydrogens is 330 g/mol.